The first kappa shape index (κ1) is 11.8. The second-order valence-electron chi connectivity index (χ2n) is 2.68. The SMILES string of the molecule is CO[C@H](CO)[C@@H](O)[C@H](O)[C@H](C)O. The third-order valence-electron chi connectivity index (χ3n) is 1.71. The Bertz CT molecular complexity index is 110. The van der Waals surface area contributed by atoms with Crippen molar-refractivity contribution < 1.29 is 25.2 Å². The molecule has 0 rings (SSSR count). The summed E-state index contributed by atoms with van der Waals surface area (Å²) in [5.41, 5.74) is 0. The molecule has 0 spiro atoms. The van der Waals surface area contributed by atoms with Crippen molar-refractivity contribution in [3.05, 3.63) is 0 Å². The van der Waals surface area contributed by atoms with E-state index in [1.807, 2.05) is 0 Å². The molecule has 0 aliphatic carbocycles. The van der Waals surface area contributed by atoms with E-state index in [2.05, 4.69) is 4.74 Å². The summed E-state index contributed by atoms with van der Waals surface area (Å²) in [7, 11) is 1.30. The predicted molar refractivity (Wildman–Crippen MR) is 41.6 cm³/mol. The van der Waals surface area contributed by atoms with Gasteiger partial charge in [-0.3, -0.25) is 0 Å². The maximum Gasteiger partial charge on any atom is 0.111 e. The summed E-state index contributed by atoms with van der Waals surface area (Å²) in [6.45, 7) is 0.944. The number of rotatable bonds is 5. The van der Waals surface area contributed by atoms with Gasteiger partial charge in [0.2, 0.25) is 0 Å². The van der Waals surface area contributed by atoms with E-state index >= 15 is 0 Å². The van der Waals surface area contributed by atoms with Crippen LogP contribution in [0.1, 0.15) is 6.92 Å². The number of ether oxygens (including phenoxy) is 1. The first-order valence-electron chi connectivity index (χ1n) is 3.72. The van der Waals surface area contributed by atoms with E-state index in [9.17, 15) is 5.11 Å². The van der Waals surface area contributed by atoms with Crippen LogP contribution in [0, 0.1) is 0 Å². The molecule has 0 saturated heterocycles. The highest BCUT2D eigenvalue weighted by Crippen LogP contribution is 2.06. The van der Waals surface area contributed by atoms with E-state index in [1.165, 1.54) is 14.0 Å². The highest BCUT2D eigenvalue weighted by molar-refractivity contribution is 4.79. The first-order valence-corrected chi connectivity index (χ1v) is 3.72. The van der Waals surface area contributed by atoms with Crippen molar-refractivity contribution in [3.63, 3.8) is 0 Å². The zero-order valence-corrected chi connectivity index (χ0v) is 7.21. The molecule has 0 unspecified atom stereocenters. The first-order chi connectivity index (χ1) is 5.54. The van der Waals surface area contributed by atoms with Gasteiger partial charge in [0.15, 0.2) is 0 Å². The van der Waals surface area contributed by atoms with E-state index < -0.39 is 31.0 Å². The topological polar surface area (TPSA) is 90.2 Å². The van der Waals surface area contributed by atoms with Crippen molar-refractivity contribution in [2.75, 3.05) is 13.7 Å². The van der Waals surface area contributed by atoms with Crippen molar-refractivity contribution in [2.24, 2.45) is 0 Å². The minimum atomic E-state index is -1.30. The third kappa shape index (κ3) is 3.04. The summed E-state index contributed by atoms with van der Waals surface area (Å²) in [5, 5.41) is 35.9. The van der Waals surface area contributed by atoms with Crippen LogP contribution in [0.4, 0.5) is 0 Å². The van der Waals surface area contributed by atoms with Gasteiger partial charge >= 0.3 is 0 Å². The van der Waals surface area contributed by atoms with Gasteiger partial charge in [-0.25, -0.2) is 0 Å². The fraction of sp³-hybridized carbons (Fsp3) is 1.00. The Morgan fingerprint density at radius 2 is 1.67 bits per heavy atom. The number of methoxy groups -OCH3 is 1. The zero-order chi connectivity index (χ0) is 9.72. The van der Waals surface area contributed by atoms with Crippen LogP contribution < -0.4 is 0 Å². The zero-order valence-electron chi connectivity index (χ0n) is 7.21. The van der Waals surface area contributed by atoms with Crippen molar-refractivity contribution >= 4 is 0 Å². The van der Waals surface area contributed by atoms with E-state index in [-0.39, 0.29) is 0 Å². The van der Waals surface area contributed by atoms with Crippen LogP contribution in [-0.4, -0.2) is 58.6 Å². The number of hydrogen-bond donors (Lipinski definition) is 4. The lowest BCUT2D eigenvalue weighted by atomic mass is 10.0. The van der Waals surface area contributed by atoms with Gasteiger partial charge in [-0.15, -0.1) is 0 Å². The third-order valence-corrected chi connectivity index (χ3v) is 1.71. The smallest absolute Gasteiger partial charge is 0.111 e. The predicted octanol–water partition coefficient (Wildman–Crippen LogP) is -1.90. The van der Waals surface area contributed by atoms with Crippen LogP contribution in [0.5, 0.6) is 0 Å². The van der Waals surface area contributed by atoms with Gasteiger partial charge in [0.05, 0.1) is 12.7 Å². The Morgan fingerprint density at radius 3 is 1.92 bits per heavy atom. The molecule has 4 atom stereocenters. The van der Waals surface area contributed by atoms with Crippen LogP contribution in [0.3, 0.4) is 0 Å². The van der Waals surface area contributed by atoms with Crippen molar-refractivity contribution in [1.82, 2.24) is 0 Å². The molecule has 74 valence electrons. The van der Waals surface area contributed by atoms with Crippen LogP contribution in [0.25, 0.3) is 0 Å². The molecular formula is C7H16O5. The van der Waals surface area contributed by atoms with Gasteiger partial charge in [0.25, 0.3) is 0 Å². The van der Waals surface area contributed by atoms with Crippen molar-refractivity contribution in [3.8, 4) is 0 Å². The minimum absolute atomic E-state index is 0.401. The summed E-state index contributed by atoms with van der Waals surface area (Å²) < 4.78 is 4.66. The van der Waals surface area contributed by atoms with Gasteiger partial charge in [-0.2, -0.15) is 0 Å². The second kappa shape index (κ2) is 5.45. The lowest BCUT2D eigenvalue weighted by molar-refractivity contribution is -0.121. The summed E-state index contributed by atoms with van der Waals surface area (Å²) in [5.74, 6) is 0. The van der Waals surface area contributed by atoms with E-state index in [1.54, 1.807) is 0 Å². The molecule has 12 heavy (non-hydrogen) atoms. The van der Waals surface area contributed by atoms with E-state index in [0.717, 1.165) is 0 Å². The molecule has 4 N–H and O–H groups in total. The normalized spacial score (nSPS) is 21.5. The molecule has 0 aliphatic rings. The Morgan fingerprint density at radius 1 is 1.17 bits per heavy atom. The fourth-order valence-electron chi connectivity index (χ4n) is 0.827. The quantitative estimate of drug-likeness (QED) is 0.396. The Hall–Kier alpha value is -0.200. The summed E-state index contributed by atoms with van der Waals surface area (Å²) in [4.78, 5) is 0. The van der Waals surface area contributed by atoms with Gasteiger partial charge < -0.3 is 25.2 Å². The molecule has 0 saturated carbocycles. The van der Waals surface area contributed by atoms with Gasteiger partial charge in [0.1, 0.15) is 18.3 Å². The molecule has 0 aliphatic heterocycles. The number of aliphatic hydroxyl groups excluding tert-OH is 4. The molecule has 5 nitrogen and oxygen atoms in total. The Balaban J connectivity index is 4.05. The molecule has 0 fully saturated rings. The maximum atomic E-state index is 9.25. The van der Waals surface area contributed by atoms with Crippen LogP contribution in [0.15, 0.2) is 0 Å². The molecule has 0 bridgehead atoms. The monoisotopic (exact) mass is 180 g/mol. The minimum Gasteiger partial charge on any atom is -0.394 e. The molecule has 0 aromatic carbocycles. The average molecular weight is 180 g/mol. The van der Waals surface area contributed by atoms with Crippen LogP contribution >= 0.6 is 0 Å². The lowest BCUT2D eigenvalue weighted by Gasteiger charge is -2.25. The average Bonchev–Trinajstić information content (AvgIpc) is 2.05. The number of aliphatic hydroxyl groups is 4. The summed E-state index contributed by atoms with van der Waals surface area (Å²) in [6, 6.07) is 0. The van der Waals surface area contributed by atoms with Crippen molar-refractivity contribution in [2.45, 2.75) is 31.3 Å². The van der Waals surface area contributed by atoms with Gasteiger partial charge in [-0.05, 0) is 6.92 Å². The highest BCUT2D eigenvalue weighted by atomic mass is 16.5. The summed E-state index contributed by atoms with van der Waals surface area (Å²) in [6.07, 6.45) is -4.50. The Kier molecular flexibility index (Phi) is 5.36. The number of hydrogen-bond acceptors (Lipinski definition) is 5. The van der Waals surface area contributed by atoms with Crippen LogP contribution in [0.2, 0.25) is 0 Å². The molecule has 0 heterocycles. The van der Waals surface area contributed by atoms with E-state index in [0.29, 0.717) is 0 Å². The highest BCUT2D eigenvalue weighted by Gasteiger charge is 2.28. The van der Waals surface area contributed by atoms with Gasteiger partial charge in [-0.1, -0.05) is 0 Å². The van der Waals surface area contributed by atoms with E-state index in [4.69, 9.17) is 15.3 Å². The fourth-order valence-corrected chi connectivity index (χ4v) is 0.827. The van der Waals surface area contributed by atoms with Gasteiger partial charge in [0, 0.05) is 7.11 Å². The Labute approximate surface area is 71.2 Å². The van der Waals surface area contributed by atoms with Crippen LogP contribution in [-0.2, 0) is 4.74 Å². The molecular weight excluding hydrogens is 164 g/mol. The molecule has 0 aromatic rings. The van der Waals surface area contributed by atoms with Crippen molar-refractivity contribution in [1.29, 1.82) is 0 Å². The molecule has 5 heteroatoms. The summed E-state index contributed by atoms with van der Waals surface area (Å²) >= 11 is 0. The standard InChI is InChI=1S/C7H16O5/c1-4(9)6(10)7(11)5(3-8)12-2/h4-11H,3H2,1-2H3/t4-,5+,6+,7+/m0/s1. The molecule has 0 amide bonds. The largest absolute Gasteiger partial charge is 0.394 e. The maximum absolute atomic E-state index is 9.25. The second-order valence-corrected chi connectivity index (χ2v) is 2.68. The lowest BCUT2D eigenvalue weighted by Crippen LogP contribution is -2.45. The molecule has 0 radical (unpaired) electrons. The molecule has 0 aromatic heterocycles.